The Bertz CT molecular complexity index is 422. The molecule has 4 nitrogen and oxygen atoms in total. The summed E-state index contributed by atoms with van der Waals surface area (Å²) >= 11 is 0. The molecule has 0 spiro atoms. The minimum Gasteiger partial charge on any atom is -0.335 e. The van der Waals surface area contributed by atoms with E-state index in [1.165, 1.54) is 31.6 Å². The lowest BCUT2D eigenvalue weighted by molar-refractivity contribution is -0.905. The molecule has 1 aromatic rings. The number of nitrogens with one attached hydrogen (secondary N) is 3. The fourth-order valence-electron chi connectivity index (χ4n) is 2.76. The lowest BCUT2D eigenvalue weighted by atomic mass is 10.1. The summed E-state index contributed by atoms with van der Waals surface area (Å²) in [4.78, 5) is 13.6. The summed E-state index contributed by atoms with van der Waals surface area (Å²) in [6.45, 7) is 7.86. The molecule has 1 aromatic carbocycles. The fraction of sp³-hybridized carbons (Fsp3) is 0.562. The number of hydrogen-bond donors (Lipinski definition) is 3. The number of urea groups is 1. The molecule has 2 rings (SSSR count). The molecule has 3 N–H and O–H groups in total. The van der Waals surface area contributed by atoms with Crippen LogP contribution in [0.5, 0.6) is 0 Å². The second kappa shape index (κ2) is 7.29. The molecule has 0 unspecified atom stereocenters. The Morgan fingerprint density at radius 2 is 1.90 bits per heavy atom. The van der Waals surface area contributed by atoms with E-state index in [0.29, 0.717) is 6.04 Å². The molecule has 1 aliphatic heterocycles. The van der Waals surface area contributed by atoms with Crippen molar-refractivity contribution in [3.63, 3.8) is 0 Å². The maximum atomic E-state index is 11.9. The van der Waals surface area contributed by atoms with Crippen LogP contribution in [0.3, 0.4) is 0 Å². The van der Waals surface area contributed by atoms with Gasteiger partial charge in [0.05, 0.1) is 19.6 Å². The van der Waals surface area contributed by atoms with Crippen LogP contribution in [0.25, 0.3) is 0 Å². The van der Waals surface area contributed by atoms with Gasteiger partial charge >= 0.3 is 6.03 Å². The Morgan fingerprint density at radius 3 is 2.50 bits per heavy atom. The van der Waals surface area contributed by atoms with Crippen molar-refractivity contribution in [3.05, 3.63) is 29.8 Å². The van der Waals surface area contributed by atoms with E-state index >= 15 is 0 Å². The van der Waals surface area contributed by atoms with Crippen molar-refractivity contribution in [2.45, 2.75) is 39.2 Å². The molecule has 1 saturated heterocycles. The summed E-state index contributed by atoms with van der Waals surface area (Å²) in [6.07, 6.45) is 3.40. The zero-order valence-electron chi connectivity index (χ0n) is 12.5. The van der Waals surface area contributed by atoms with E-state index in [0.717, 1.165) is 18.5 Å². The van der Waals surface area contributed by atoms with Gasteiger partial charge in [-0.05, 0) is 25.5 Å². The van der Waals surface area contributed by atoms with E-state index in [2.05, 4.69) is 17.6 Å². The number of anilines is 1. The molecule has 0 bridgehead atoms. The molecule has 4 heteroatoms. The van der Waals surface area contributed by atoms with E-state index in [1.54, 1.807) is 4.90 Å². The Morgan fingerprint density at radius 1 is 1.25 bits per heavy atom. The van der Waals surface area contributed by atoms with E-state index in [9.17, 15) is 4.79 Å². The molecule has 0 radical (unpaired) electrons. The number of hydrogen-bond acceptors (Lipinski definition) is 1. The molecule has 0 saturated carbocycles. The van der Waals surface area contributed by atoms with E-state index in [4.69, 9.17) is 0 Å². The van der Waals surface area contributed by atoms with Crippen molar-refractivity contribution in [3.8, 4) is 0 Å². The van der Waals surface area contributed by atoms with Gasteiger partial charge < -0.3 is 15.5 Å². The highest BCUT2D eigenvalue weighted by Gasteiger charge is 2.22. The van der Waals surface area contributed by atoms with Gasteiger partial charge in [0.1, 0.15) is 0 Å². The first-order chi connectivity index (χ1) is 9.67. The highest BCUT2D eigenvalue weighted by Crippen LogP contribution is 2.08. The first-order valence-electron chi connectivity index (χ1n) is 7.65. The average molecular weight is 276 g/mol. The standard InChI is InChI=1S/C16H25N3O/c1-3-10-19-11-8-15(9-12-19)18-16(20)17-14-6-4-13(2)5-7-14/h4-7,15H,3,8-12H2,1-2H3,(H2,17,18,20)/p+1. The molecule has 1 fully saturated rings. The van der Waals surface area contributed by atoms with Crippen LogP contribution in [-0.4, -0.2) is 31.7 Å². The quantitative estimate of drug-likeness (QED) is 0.768. The normalized spacial score (nSPS) is 22.3. The highest BCUT2D eigenvalue weighted by molar-refractivity contribution is 5.89. The maximum absolute atomic E-state index is 11.9. The van der Waals surface area contributed by atoms with Gasteiger partial charge in [-0.2, -0.15) is 0 Å². The van der Waals surface area contributed by atoms with Gasteiger partial charge in [0.15, 0.2) is 0 Å². The minimum atomic E-state index is -0.0854. The molecule has 2 amide bonds. The summed E-state index contributed by atoms with van der Waals surface area (Å²) in [5.41, 5.74) is 2.05. The zero-order valence-corrected chi connectivity index (χ0v) is 12.5. The lowest BCUT2D eigenvalue weighted by Gasteiger charge is -2.29. The van der Waals surface area contributed by atoms with Crippen LogP contribution in [0.15, 0.2) is 24.3 Å². The highest BCUT2D eigenvalue weighted by atomic mass is 16.2. The Kier molecular flexibility index (Phi) is 5.41. The monoisotopic (exact) mass is 276 g/mol. The van der Waals surface area contributed by atoms with Gasteiger partial charge in [0.25, 0.3) is 0 Å². The first kappa shape index (κ1) is 14.9. The number of quaternary nitrogens is 1. The summed E-state index contributed by atoms with van der Waals surface area (Å²) in [5.74, 6) is 0. The van der Waals surface area contributed by atoms with Gasteiger partial charge in [-0.1, -0.05) is 24.6 Å². The number of piperidine rings is 1. The summed E-state index contributed by atoms with van der Waals surface area (Å²) in [5, 5.41) is 5.98. The third kappa shape index (κ3) is 4.53. The number of rotatable bonds is 4. The molecule has 1 aliphatic rings. The van der Waals surface area contributed by atoms with Gasteiger partial charge in [-0.25, -0.2) is 4.79 Å². The molecule has 110 valence electrons. The number of benzene rings is 1. The smallest absolute Gasteiger partial charge is 0.319 e. The van der Waals surface area contributed by atoms with E-state index < -0.39 is 0 Å². The molecule has 20 heavy (non-hydrogen) atoms. The maximum Gasteiger partial charge on any atom is 0.319 e. The Balaban J connectivity index is 1.74. The largest absolute Gasteiger partial charge is 0.335 e. The van der Waals surface area contributed by atoms with Crippen molar-refractivity contribution in [2.24, 2.45) is 0 Å². The SMILES string of the molecule is CCC[NH+]1CCC(NC(=O)Nc2ccc(C)cc2)CC1. The van der Waals surface area contributed by atoms with Crippen LogP contribution in [0.4, 0.5) is 10.5 Å². The first-order valence-corrected chi connectivity index (χ1v) is 7.65. The second-order valence-electron chi connectivity index (χ2n) is 5.74. The van der Waals surface area contributed by atoms with Crippen LogP contribution in [-0.2, 0) is 0 Å². The van der Waals surface area contributed by atoms with Gasteiger partial charge in [0, 0.05) is 24.6 Å². The summed E-state index contributed by atoms with van der Waals surface area (Å²) in [6, 6.07) is 8.11. The van der Waals surface area contributed by atoms with Crippen molar-refractivity contribution >= 4 is 11.7 Å². The third-order valence-electron chi connectivity index (χ3n) is 3.94. The van der Waals surface area contributed by atoms with Gasteiger partial charge in [-0.15, -0.1) is 0 Å². The van der Waals surface area contributed by atoms with Gasteiger partial charge in [-0.3, -0.25) is 0 Å². The van der Waals surface area contributed by atoms with Gasteiger partial charge in [0.2, 0.25) is 0 Å². The minimum absolute atomic E-state index is 0.0854. The Hall–Kier alpha value is -1.55. The van der Waals surface area contributed by atoms with Crippen molar-refractivity contribution < 1.29 is 9.69 Å². The molecule has 0 aromatic heterocycles. The number of carbonyl (C=O) groups is 1. The van der Waals surface area contributed by atoms with Crippen LogP contribution < -0.4 is 15.5 Å². The summed E-state index contributed by atoms with van der Waals surface area (Å²) < 4.78 is 0. The number of carbonyl (C=O) groups excluding carboxylic acids is 1. The predicted molar refractivity (Wildman–Crippen MR) is 82.2 cm³/mol. The summed E-state index contributed by atoms with van der Waals surface area (Å²) in [7, 11) is 0. The number of amides is 2. The van der Waals surface area contributed by atoms with Crippen LogP contribution >= 0.6 is 0 Å². The van der Waals surface area contributed by atoms with Crippen LogP contribution in [0.1, 0.15) is 31.7 Å². The third-order valence-corrected chi connectivity index (χ3v) is 3.94. The second-order valence-corrected chi connectivity index (χ2v) is 5.74. The van der Waals surface area contributed by atoms with Crippen LogP contribution in [0.2, 0.25) is 0 Å². The molecule has 0 atom stereocenters. The van der Waals surface area contributed by atoms with Crippen molar-refractivity contribution in [2.75, 3.05) is 25.0 Å². The Labute approximate surface area is 121 Å². The lowest BCUT2D eigenvalue weighted by Crippen LogP contribution is -3.13. The number of aryl methyl sites for hydroxylation is 1. The van der Waals surface area contributed by atoms with E-state index in [1.807, 2.05) is 31.2 Å². The molecule has 0 aliphatic carbocycles. The zero-order chi connectivity index (χ0) is 14.4. The molecular weight excluding hydrogens is 250 g/mol. The van der Waals surface area contributed by atoms with Crippen molar-refractivity contribution in [1.29, 1.82) is 0 Å². The van der Waals surface area contributed by atoms with Crippen molar-refractivity contribution in [1.82, 2.24) is 5.32 Å². The average Bonchev–Trinajstić information content (AvgIpc) is 2.44. The number of likely N-dealkylation sites (tertiary alicyclic amines) is 1. The predicted octanol–water partition coefficient (Wildman–Crippen LogP) is 1.57. The van der Waals surface area contributed by atoms with E-state index in [-0.39, 0.29) is 6.03 Å². The molecular formula is C16H26N3O+. The molecule has 1 heterocycles. The topological polar surface area (TPSA) is 45.6 Å². The fourth-order valence-corrected chi connectivity index (χ4v) is 2.76. The van der Waals surface area contributed by atoms with Crippen LogP contribution in [0, 0.1) is 6.92 Å².